The molecule has 0 unspecified atom stereocenters. The summed E-state index contributed by atoms with van der Waals surface area (Å²) in [4.78, 5) is 26.5. The highest BCUT2D eigenvalue weighted by molar-refractivity contribution is 6.23. The summed E-state index contributed by atoms with van der Waals surface area (Å²) in [6.45, 7) is 2.95. The minimum Gasteiger partial charge on any atom is -0.506 e. The maximum atomic E-state index is 13.4. The number of phenolic OH excluding ortho intramolecular Hbond substituents is 2. The van der Waals surface area contributed by atoms with E-state index < -0.39 is 22.7 Å². The molecule has 1 aliphatic heterocycles. The summed E-state index contributed by atoms with van der Waals surface area (Å²) in [6.07, 6.45) is -0.373. The number of ketones is 1. The van der Waals surface area contributed by atoms with Gasteiger partial charge in [0.2, 0.25) is 5.79 Å². The number of aliphatic hydroxyl groups is 1. The molecular weight excluding hydrogens is 560 g/mol. The second-order valence-corrected chi connectivity index (χ2v) is 10.5. The lowest BCUT2D eigenvalue weighted by molar-refractivity contribution is -0.123. The minimum atomic E-state index is -1.82. The largest absolute Gasteiger partial charge is 0.506 e. The number of hydrogen-bond donors (Lipinski definition) is 3. The molecule has 222 valence electrons. The van der Waals surface area contributed by atoms with E-state index in [0.717, 1.165) is 0 Å². The average Bonchev–Trinajstić information content (AvgIpc) is 2.94. The summed E-state index contributed by atoms with van der Waals surface area (Å²) in [6, 6.07) is 7.50. The minimum absolute atomic E-state index is 0.0243. The number of aromatic hydroxyl groups is 2. The predicted octanol–water partition coefficient (Wildman–Crippen LogP) is 5.19. The lowest BCUT2D eigenvalue weighted by atomic mass is 9.87. The fourth-order valence-electron chi connectivity index (χ4n) is 5.89. The highest BCUT2D eigenvalue weighted by atomic mass is 16.6. The maximum absolute atomic E-state index is 13.4. The molecule has 1 aliphatic rings. The van der Waals surface area contributed by atoms with Gasteiger partial charge in [0.1, 0.15) is 62.5 Å². The Labute approximate surface area is 244 Å². The number of Topliss-reactive ketones (excluding diaryl/α,β-unsaturated/α-hetero) is 1. The highest BCUT2D eigenvalue weighted by Gasteiger charge is 2.38. The summed E-state index contributed by atoms with van der Waals surface area (Å²) in [5, 5.41) is 34.6. The van der Waals surface area contributed by atoms with E-state index >= 15 is 0 Å². The molecule has 43 heavy (non-hydrogen) atoms. The van der Waals surface area contributed by atoms with E-state index in [1.807, 2.05) is 0 Å². The Hall–Kier alpha value is -5.16. The van der Waals surface area contributed by atoms with E-state index in [2.05, 4.69) is 0 Å². The van der Waals surface area contributed by atoms with Crippen LogP contribution in [0.2, 0.25) is 0 Å². The van der Waals surface area contributed by atoms with Gasteiger partial charge in [-0.25, -0.2) is 0 Å². The SMILES string of the molecule is COc1cc(OC)c2c(O)c3c(=O)cc(C)oc3c(-c3c(OC)cc(OC)c4c(O)c5c(cc34)O[C@@](C)(O)CC5=O)c2c1. The Kier molecular flexibility index (Phi) is 6.31. The number of carbonyl (C=O) groups is 1. The molecule has 4 aromatic carbocycles. The Bertz CT molecular complexity index is 2070. The van der Waals surface area contributed by atoms with E-state index in [4.69, 9.17) is 28.1 Å². The summed E-state index contributed by atoms with van der Waals surface area (Å²) in [5.74, 6) is -1.91. The fourth-order valence-corrected chi connectivity index (χ4v) is 5.89. The van der Waals surface area contributed by atoms with Crippen LogP contribution in [0.3, 0.4) is 0 Å². The Morgan fingerprint density at radius 1 is 0.744 bits per heavy atom. The van der Waals surface area contributed by atoms with Gasteiger partial charge in [-0.05, 0) is 19.1 Å². The third kappa shape index (κ3) is 4.07. The van der Waals surface area contributed by atoms with Crippen molar-refractivity contribution in [1.82, 2.24) is 0 Å². The molecule has 11 heteroatoms. The summed E-state index contributed by atoms with van der Waals surface area (Å²) in [7, 11) is 5.72. The molecule has 6 rings (SSSR count). The molecule has 1 aromatic heterocycles. The van der Waals surface area contributed by atoms with E-state index in [1.54, 1.807) is 19.1 Å². The van der Waals surface area contributed by atoms with Gasteiger partial charge in [-0.2, -0.15) is 0 Å². The molecule has 5 aromatic rings. The van der Waals surface area contributed by atoms with Gasteiger partial charge >= 0.3 is 0 Å². The zero-order valence-corrected chi connectivity index (χ0v) is 24.2. The number of hydrogen-bond acceptors (Lipinski definition) is 11. The molecule has 0 bridgehead atoms. The molecule has 0 aliphatic carbocycles. The van der Waals surface area contributed by atoms with Crippen LogP contribution in [0.5, 0.6) is 40.2 Å². The van der Waals surface area contributed by atoms with E-state index in [9.17, 15) is 24.9 Å². The molecule has 1 atom stereocenters. The van der Waals surface area contributed by atoms with Gasteiger partial charge in [0.25, 0.3) is 0 Å². The van der Waals surface area contributed by atoms with Gasteiger partial charge in [-0.15, -0.1) is 0 Å². The molecule has 3 N–H and O–H groups in total. The van der Waals surface area contributed by atoms with Gasteiger partial charge in [0.15, 0.2) is 11.2 Å². The second-order valence-electron chi connectivity index (χ2n) is 10.5. The summed E-state index contributed by atoms with van der Waals surface area (Å²) < 4.78 is 34.5. The highest BCUT2D eigenvalue weighted by Crippen LogP contribution is 2.55. The van der Waals surface area contributed by atoms with Gasteiger partial charge in [-0.3, -0.25) is 9.59 Å². The number of benzene rings is 4. The molecule has 0 saturated carbocycles. The number of carbonyl (C=O) groups excluding carboxylic acids is 1. The summed E-state index contributed by atoms with van der Waals surface area (Å²) in [5.41, 5.74) is 0.00498. The molecule has 0 radical (unpaired) electrons. The van der Waals surface area contributed by atoms with Gasteiger partial charge in [0, 0.05) is 47.0 Å². The van der Waals surface area contributed by atoms with Crippen LogP contribution < -0.4 is 29.1 Å². The quantitative estimate of drug-likeness (QED) is 0.232. The van der Waals surface area contributed by atoms with Crippen molar-refractivity contribution in [2.45, 2.75) is 26.1 Å². The number of fused-ring (bicyclic) bond motifs is 4. The smallest absolute Gasteiger partial charge is 0.212 e. The molecule has 0 spiro atoms. The van der Waals surface area contributed by atoms with Crippen LogP contribution in [0.25, 0.3) is 43.6 Å². The Morgan fingerprint density at radius 3 is 2.02 bits per heavy atom. The molecule has 0 saturated heterocycles. The first kappa shape index (κ1) is 28.0. The van der Waals surface area contributed by atoms with Crippen LogP contribution in [0.15, 0.2) is 39.5 Å². The molecular formula is C32H28O11. The van der Waals surface area contributed by atoms with Crippen LogP contribution in [-0.2, 0) is 0 Å². The van der Waals surface area contributed by atoms with Crippen LogP contribution >= 0.6 is 0 Å². The van der Waals surface area contributed by atoms with E-state index in [1.165, 1.54) is 53.6 Å². The van der Waals surface area contributed by atoms with Crippen molar-refractivity contribution in [3.05, 3.63) is 51.9 Å². The van der Waals surface area contributed by atoms with Gasteiger partial charge in [0.05, 0.1) is 45.6 Å². The lowest BCUT2D eigenvalue weighted by Gasteiger charge is -2.31. The van der Waals surface area contributed by atoms with E-state index in [-0.39, 0.29) is 73.6 Å². The van der Waals surface area contributed by atoms with Crippen molar-refractivity contribution >= 4 is 38.3 Å². The van der Waals surface area contributed by atoms with Crippen molar-refractivity contribution in [3.63, 3.8) is 0 Å². The van der Waals surface area contributed by atoms with Gasteiger partial charge < -0.3 is 43.4 Å². The monoisotopic (exact) mass is 588 g/mol. The topological polar surface area (TPSA) is 154 Å². The van der Waals surface area contributed by atoms with Crippen molar-refractivity contribution in [3.8, 4) is 51.4 Å². The van der Waals surface area contributed by atoms with Crippen molar-refractivity contribution in [1.29, 1.82) is 0 Å². The van der Waals surface area contributed by atoms with Crippen LogP contribution in [0.1, 0.15) is 29.5 Å². The lowest BCUT2D eigenvalue weighted by Crippen LogP contribution is -2.38. The zero-order chi connectivity index (χ0) is 31.0. The second kappa shape index (κ2) is 9.70. The summed E-state index contributed by atoms with van der Waals surface area (Å²) >= 11 is 0. The van der Waals surface area contributed by atoms with Crippen molar-refractivity contribution in [2.24, 2.45) is 0 Å². The number of phenols is 2. The number of ether oxygens (including phenoxy) is 5. The molecule has 0 amide bonds. The first-order valence-corrected chi connectivity index (χ1v) is 13.2. The van der Waals surface area contributed by atoms with Crippen LogP contribution in [0, 0.1) is 6.92 Å². The maximum Gasteiger partial charge on any atom is 0.212 e. The van der Waals surface area contributed by atoms with E-state index in [0.29, 0.717) is 22.3 Å². The first-order chi connectivity index (χ1) is 20.4. The number of methoxy groups -OCH3 is 4. The normalized spacial score (nSPS) is 16.3. The Morgan fingerprint density at radius 2 is 1.37 bits per heavy atom. The molecule has 0 fully saturated rings. The van der Waals surface area contributed by atoms with Crippen molar-refractivity contribution in [2.75, 3.05) is 28.4 Å². The Balaban J connectivity index is 1.94. The third-order valence-corrected chi connectivity index (χ3v) is 7.65. The van der Waals surface area contributed by atoms with Crippen LogP contribution in [0.4, 0.5) is 0 Å². The van der Waals surface area contributed by atoms with Crippen LogP contribution in [-0.4, -0.2) is 55.3 Å². The fraction of sp³-hybridized carbons (Fsp3) is 0.250. The zero-order valence-electron chi connectivity index (χ0n) is 24.2. The predicted molar refractivity (Wildman–Crippen MR) is 157 cm³/mol. The molecule has 2 heterocycles. The average molecular weight is 589 g/mol. The van der Waals surface area contributed by atoms with Crippen molar-refractivity contribution < 1.29 is 48.2 Å². The standard InChI is InChI=1S/C32H28O11/c1-13-7-17(33)28-30(36)24-15(8-14(38-3)9-19(24)39-4)26(31(28)42-13)23-16-10-22-27(18(34)12-32(2,37)43-22)29(35)25(16)21(41-6)11-20(23)40-5/h7-11,35-37H,12H2,1-6H3/t32-/m1/s1. The number of rotatable bonds is 5. The number of aryl methyl sites for hydroxylation is 1. The third-order valence-electron chi connectivity index (χ3n) is 7.65. The van der Waals surface area contributed by atoms with Gasteiger partial charge in [-0.1, -0.05) is 0 Å². The first-order valence-electron chi connectivity index (χ1n) is 13.2. The molecule has 11 nitrogen and oxygen atoms in total.